The van der Waals surface area contributed by atoms with Gasteiger partial charge in [-0.3, -0.25) is 9.59 Å². The molecule has 0 aliphatic rings. The number of nitrogens with one attached hydrogen (secondary N) is 1. The summed E-state index contributed by atoms with van der Waals surface area (Å²) >= 11 is 7.54. The molecule has 0 saturated heterocycles. The second kappa shape index (κ2) is 11.9. The van der Waals surface area contributed by atoms with E-state index in [-0.39, 0.29) is 17.9 Å². The standard InChI is InChI=1S/C23H29ClN2O2S/c1-4-17(2)25-23(28)18(3)26(14-19-10-12-21(24)13-11-19)22(27)16-29-15-20-8-6-5-7-9-20/h5-13,17-18H,4,14-16H2,1-3H3,(H,25,28)/t17-,18+/m0/s1. The number of carbonyl (C=O) groups is 2. The van der Waals surface area contributed by atoms with E-state index < -0.39 is 6.04 Å². The molecule has 2 atom stereocenters. The number of carbonyl (C=O) groups excluding carboxylic acids is 2. The summed E-state index contributed by atoms with van der Waals surface area (Å²) in [6.07, 6.45) is 0.844. The molecular formula is C23H29ClN2O2S. The van der Waals surface area contributed by atoms with E-state index >= 15 is 0 Å². The number of rotatable bonds is 10. The van der Waals surface area contributed by atoms with E-state index in [9.17, 15) is 9.59 Å². The molecule has 1 N–H and O–H groups in total. The number of amides is 2. The van der Waals surface area contributed by atoms with Crippen molar-refractivity contribution < 1.29 is 9.59 Å². The molecule has 0 radical (unpaired) electrons. The van der Waals surface area contributed by atoms with Crippen molar-refractivity contribution in [3.63, 3.8) is 0 Å². The first-order valence-corrected chi connectivity index (χ1v) is 11.4. The van der Waals surface area contributed by atoms with Gasteiger partial charge in [0.25, 0.3) is 0 Å². The second-order valence-electron chi connectivity index (χ2n) is 7.12. The Hall–Kier alpha value is -1.98. The Morgan fingerprint density at radius 2 is 1.69 bits per heavy atom. The van der Waals surface area contributed by atoms with Crippen LogP contribution in [0.3, 0.4) is 0 Å². The molecule has 0 spiro atoms. The smallest absolute Gasteiger partial charge is 0.242 e. The molecule has 0 aliphatic heterocycles. The molecule has 0 heterocycles. The summed E-state index contributed by atoms with van der Waals surface area (Å²) in [6, 6.07) is 17.0. The molecule has 0 bridgehead atoms. The summed E-state index contributed by atoms with van der Waals surface area (Å²) in [4.78, 5) is 27.3. The van der Waals surface area contributed by atoms with Crippen LogP contribution in [-0.4, -0.2) is 34.6 Å². The topological polar surface area (TPSA) is 49.4 Å². The average molecular weight is 433 g/mol. The fraction of sp³-hybridized carbons (Fsp3) is 0.391. The van der Waals surface area contributed by atoms with E-state index in [1.807, 2.05) is 56.3 Å². The lowest BCUT2D eigenvalue weighted by Gasteiger charge is -2.29. The van der Waals surface area contributed by atoms with Crippen molar-refractivity contribution in [1.82, 2.24) is 10.2 Å². The van der Waals surface area contributed by atoms with Crippen molar-refractivity contribution in [3.05, 3.63) is 70.7 Å². The van der Waals surface area contributed by atoms with E-state index in [1.165, 1.54) is 5.56 Å². The van der Waals surface area contributed by atoms with Crippen LogP contribution in [0.25, 0.3) is 0 Å². The molecule has 2 aromatic rings. The molecule has 0 aromatic heterocycles. The molecule has 156 valence electrons. The van der Waals surface area contributed by atoms with Crippen molar-refractivity contribution in [2.45, 2.75) is 51.6 Å². The first-order chi connectivity index (χ1) is 13.9. The predicted octanol–water partition coefficient (Wildman–Crippen LogP) is 4.91. The summed E-state index contributed by atoms with van der Waals surface area (Å²) in [7, 11) is 0. The molecule has 0 unspecified atom stereocenters. The van der Waals surface area contributed by atoms with Crippen LogP contribution in [0.15, 0.2) is 54.6 Å². The van der Waals surface area contributed by atoms with Gasteiger partial charge in [-0.15, -0.1) is 11.8 Å². The van der Waals surface area contributed by atoms with Gasteiger partial charge in [0.05, 0.1) is 5.75 Å². The molecule has 2 rings (SSSR count). The molecule has 2 aromatic carbocycles. The lowest BCUT2D eigenvalue weighted by atomic mass is 10.1. The SMILES string of the molecule is CC[C@H](C)NC(=O)[C@@H](C)N(Cc1ccc(Cl)cc1)C(=O)CSCc1ccccc1. The van der Waals surface area contributed by atoms with Gasteiger partial charge in [0.15, 0.2) is 0 Å². The van der Waals surface area contributed by atoms with Gasteiger partial charge in [0, 0.05) is 23.4 Å². The van der Waals surface area contributed by atoms with E-state index in [2.05, 4.69) is 5.32 Å². The Balaban J connectivity index is 2.06. The maximum Gasteiger partial charge on any atom is 0.242 e. The van der Waals surface area contributed by atoms with Crippen LogP contribution in [0.2, 0.25) is 5.02 Å². The van der Waals surface area contributed by atoms with E-state index in [1.54, 1.807) is 35.7 Å². The van der Waals surface area contributed by atoms with Gasteiger partial charge in [-0.2, -0.15) is 0 Å². The van der Waals surface area contributed by atoms with Crippen LogP contribution in [0.4, 0.5) is 0 Å². The number of hydrogen-bond donors (Lipinski definition) is 1. The minimum Gasteiger partial charge on any atom is -0.352 e. The molecule has 0 aliphatic carbocycles. The van der Waals surface area contributed by atoms with Crippen LogP contribution in [0.1, 0.15) is 38.3 Å². The fourth-order valence-corrected chi connectivity index (χ4v) is 3.74. The Morgan fingerprint density at radius 1 is 1.03 bits per heavy atom. The summed E-state index contributed by atoms with van der Waals surface area (Å²) in [5.41, 5.74) is 2.12. The van der Waals surface area contributed by atoms with Gasteiger partial charge in [-0.25, -0.2) is 0 Å². The third kappa shape index (κ3) is 7.75. The molecular weight excluding hydrogens is 404 g/mol. The highest BCUT2D eigenvalue weighted by molar-refractivity contribution is 7.99. The molecule has 0 fully saturated rings. The normalized spacial score (nSPS) is 12.8. The van der Waals surface area contributed by atoms with Crippen LogP contribution in [-0.2, 0) is 21.9 Å². The Morgan fingerprint density at radius 3 is 2.31 bits per heavy atom. The molecule has 6 heteroatoms. The van der Waals surface area contributed by atoms with Crippen LogP contribution in [0.5, 0.6) is 0 Å². The lowest BCUT2D eigenvalue weighted by Crippen LogP contribution is -2.50. The summed E-state index contributed by atoms with van der Waals surface area (Å²) in [5.74, 6) is 0.903. The molecule has 0 saturated carbocycles. The maximum absolute atomic E-state index is 13.0. The molecule has 29 heavy (non-hydrogen) atoms. The zero-order chi connectivity index (χ0) is 21.2. The molecule has 2 amide bonds. The van der Waals surface area contributed by atoms with E-state index in [4.69, 9.17) is 11.6 Å². The van der Waals surface area contributed by atoms with Crippen LogP contribution >= 0.6 is 23.4 Å². The number of halogens is 1. The first-order valence-electron chi connectivity index (χ1n) is 9.86. The molecule has 4 nitrogen and oxygen atoms in total. The van der Waals surface area contributed by atoms with Crippen molar-refractivity contribution in [2.75, 3.05) is 5.75 Å². The Bertz CT molecular complexity index is 783. The summed E-state index contributed by atoms with van der Waals surface area (Å²) in [6.45, 7) is 6.14. The second-order valence-corrected chi connectivity index (χ2v) is 8.54. The number of thioether (sulfide) groups is 1. The number of nitrogens with zero attached hydrogens (tertiary/aromatic N) is 1. The zero-order valence-electron chi connectivity index (χ0n) is 17.2. The monoisotopic (exact) mass is 432 g/mol. The van der Waals surface area contributed by atoms with Crippen LogP contribution in [0, 0.1) is 0 Å². The van der Waals surface area contributed by atoms with Gasteiger partial charge >= 0.3 is 0 Å². The third-order valence-electron chi connectivity index (χ3n) is 4.77. The lowest BCUT2D eigenvalue weighted by molar-refractivity contribution is -0.138. The highest BCUT2D eigenvalue weighted by Crippen LogP contribution is 2.17. The largest absolute Gasteiger partial charge is 0.352 e. The first kappa shape index (κ1) is 23.3. The summed E-state index contributed by atoms with van der Waals surface area (Å²) in [5, 5.41) is 3.63. The Kier molecular flexibility index (Phi) is 9.55. The van der Waals surface area contributed by atoms with Gasteiger partial charge < -0.3 is 10.2 Å². The van der Waals surface area contributed by atoms with E-state index in [0.29, 0.717) is 17.3 Å². The van der Waals surface area contributed by atoms with Gasteiger partial charge in [0.2, 0.25) is 11.8 Å². The predicted molar refractivity (Wildman–Crippen MR) is 122 cm³/mol. The number of benzene rings is 2. The minimum absolute atomic E-state index is 0.0484. The number of hydrogen-bond acceptors (Lipinski definition) is 3. The van der Waals surface area contributed by atoms with Crippen molar-refractivity contribution in [2.24, 2.45) is 0 Å². The fourth-order valence-electron chi connectivity index (χ4n) is 2.75. The highest BCUT2D eigenvalue weighted by Gasteiger charge is 2.26. The van der Waals surface area contributed by atoms with Crippen molar-refractivity contribution >= 4 is 35.2 Å². The van der Waals surface area contributed by atoms with Gasteiger partial charge in [-0.05, 0) is 43.5 Å². The Labute approximate surface area is 183 Å². The average Bonchev–Trinajstić information content (AvgIpc) is 2.73. The minimum atomic E-state index is -0.551. The highest BCUT2D eigenvalue weighted by atomic mass is 35.5. The maximum atomic E-state index is 13.0. The van der Waals surface area contributed by atoms with Gasteiger partial charge in [-0.1, -0.05) is 61.0 Å². The van der Waals surface area contributed by atoms with Gasteiger partial charge in [0.1, 0.15) is 6.04 Å². The summed E-state index contributed by atoms with van der Waals surface area (Å²) < 4.78 is 0. The zero-order valence-corrected chi connectivity index (χ0v) is 18.8. The van der Waals surface area contributed by atoms with E-state index in [0.717, 1.165) is 17.7 Å². The van der Waals surface area contributed by atoms with Crippen molar-refractivity contribution in [1.29, 1.82) is 0 Å². The van der Waals surface area contributed by atoms with Crippen molar-refractivity contribution in [3.8, 4) is 0 Å². The van der Waals surface area contributed by atoms with Crippen LogP contribution < -0.4 is 5.32 Å². The third-order valence-corrected chi connectivity index (χ3v) is 6.01. The quantitative estimate of drug-likeness (QED) is 0.580.